The number of carbonyl (C=O) groups excluding carboxylic acids is 5. The van der Waals surface area contributed by atoms with E-state index in [1.807, 2.05) is 123 Å². The van der Waals surface area contributed by atoms with E-state index in [2.05, 4.69) is 20.9 Å². The Bertz CT molecular complexity index is 2840. The molecule has 0 saturated carbocycles. The molecule has 3 heterocycles. The lowest BCUT2D eigenvalue weighted by atomic mass is 9.87. The Morgan fingerprint density at radius 3 is 2.12 bits per heavy atom. The number of aromatic amines is 1. The van der Waals surface area contributed by atoms with E-state index in [9.17, 15) is 43.8 Å². The number of aliphatic carboxylic acids is 2. The minimum absolute atomic E-state index is 0.0509. The van der Waals surface area contributed by atoms with Crippen molar-refractivity contribution in [1.29, 1.82) is 0 Å². The number of H-pyrrole nitrogens is 1. The number of hydrogen-bond acceptors (Lipinski definition) is 13. The van der Waals surface area contributed by atoms with Crippen LogP contribution in [0.25, 0.3) is 10.9 Å². The van der Waals surface area contributed by atoms with Crippen LogP contribution in [-0.2, 0) is 83.7 Å². The lowest BCUT2D eigenvalue weighted by molar-refractivity contribution is -0.140. The number of pyridine rings is 1. The first-order valence-electron chi connectivity index (χ1n) is 26.5. The van der Waals surface area contributed by atoms with Crippen molar-refractivity contribution < 1.29 is 48.5 Å². The van der Waals surface area contributed by atoms with Crippen LogP contribution in [0.5, 0.6) is 0 Å². The Morgan fingerprint density at radius 2 is 1.45 bits per heavy atom. The molecule has 0 radical (unpaired) electrons. The van der Waals surface area contributed by atoms with Gasteiger partial charge in [-0.1, -0.05) is 112 Å². The predicted octanol–water partition coefficient (Wildman–Crippen LogP) is 4.92. The molecule has 20 heteroatoms. The number of benzene rings is 3. The topological polar surface area (TPSA) is 270 Å². The number of rotatable bonds is 28. The van der Waals surface area contributed by atoms with Gasteiger partial charge >= 0.3 is 11.9 Å². The molecule has 1 aliphatic rings. The molecule has 0 saturated heterocycles. The third kappa shape index (κ3) is 19.0. The molecule has 1 aliphatic heterocycles. The molecule has 2 aromatic heterocycles. The lowest BCUT2D eigenvalue weighted by Crippen LogP contribution is -2.49. The van der Waals surface area contributed by atoms with Crippen molar-refractivity contribution in [2.75, 3.05) is 39.5 Å². The highest BCUT2D eigenvalue weighted by atomic mass is 32.1. The highest BCUT2D eigenvalue weighted by Crippen LogP contribution is 2.24. The minimum atomic E-state index is -1.02. The average Bonchev–Trinajstić information content (AvgIpc) is 3.83. The molecular formula is C58H73N9O10S. The number of amides is 3. The van der Waals surface area contributed by atoms with Gasteiger partial charge in [0.15, 0.2) is 5.78 Å². The first-order valence-corrected chi connectivity index (χ1v) is 26.9. The van der Waals surface area contributed by atoms with E-state index in [1.54, 1.807) is 9.80 Å². The standard InChI is InChI=1S/C58H73N9O10S/c1-4-38(2)56(64-57(75)39(3)24-45-30-60-50-11-6-5-10-49(45)50)51(69)27-44(20-21-52(59)70)58(76)62-29-43-18-16-42(17-19-43)28-61-53(78)26-41-14-12-40(13-15-41)25-48-33-66(35-55(73)74)23-22-65(34-54(71)72)31-46-8-7-9-47(63-46)32-67(48)36-77-37-68/h5-19,30,37-39,44,48,56,60H,4,20-29,31-36H2,1-3H3,(H2,59,70)(H,61,78)(H,62,76)(H,64,75)(H,71,72)(H,73,74)/t38?,39-,44+,48-,56-/m0/s1. The summed E-state index contributed by atoms with van der Waals surface area (Å²) >= 11 is 5.74. The van der Waals surface area contributed by atoms with Crippen LogP contribution >= 0.6 is 12.2 Å². The third-order valence-corrected chi connectivity index (χ3v) is 14.5. The minimum Gasteiger partial charge on any atom is -0.480 e. The van der Waals surface area contributed by atoms with Gasteiger partial charge in [0.1, 0.15) is 6.73 Å². The molecule has 3 aromatic carbocycles. The van der Waals surface area contributed by atoms with E-state index < -0.39 is 35.7 Å². The van der Waals surface area contributed by atoms with Crippen LogP contribution in [0.15, 0.2) is 97.2 Å². The Hall–Kier alpha value is -7.39. The third-order valence-electron chi connectivity index (χ3n) is 14.3. The summed E-state index contributed by atoms with van der Waals surface area (Å²) in [5.74, 6) is -4.97. The number of para-hydroxylation sites is 1. The fourth-order valence-electron chi connectivity index (χ4n) is 9.70. The summed E-state index contributed by atoms with van der Waals surface area (Å²) in [5, 5.41) is 29.8. The molecule has 8 N–H and O–H groups in total. The van der Waals surface area contributed by atoms with Gasteiger partial charge < -0.3 is 41.6 Å². The number of carboxylic acid groups (broad SMARTS) is 2. The number of aromatic nitrogens is 2. The van der Waals surface area contributed by atoms with Crippen molar-refractivity contribution in [3.8, 4) is 0 Å². The maximum Gasteiger partial charge on any atom is 0.317 e. The predicted molar refractivity (Wildman–Crippen MR) is 298 cm³/mol. The summed E-state index contributed by atoms with van der Waals surface area (Å²) in [6, 6.07) is 27.9. The number of primary amides is 1. The molecule has 5 aromatic rings. The molecule has 0 spiro atoms. The Kier molecular flexibility index (Phi) is 23.0. The van der Waals surface area contributed by atoms with Crippen molar-refractivity contribution in [1.82, 2.24) is 40.6 Å². The zero-order chi connectivity index (χ0) is 56.1. The molecule has 0 fully saturated rings. The van der Waals surface area contributed by atoms with Crippen LogP contribution in [0.2, 0.25) is 0 Å². The Morgan fingerprint density at radius 1 is 0.821 bits per heavy atom. The van der Waals surface area contributed by atoms with E-state index in [0.29, 0.717) is 68.2 Å². The molecule has 78 heavy (non-hydrogen) atoms. The number of hydrogen-bond donors (Lipinski definition) is 7. The van der Waals surface area contributed by atoms with Gasteiger partial charge in [-0.05, 0) is 71.2 Å². The number of carbonyl (C=O) groups is 7. The smallest absolute Gasteiger partial charge is 0.317 e. The maximum atomic E-state index is 14.0. The second-order valence-electron chi connectivity index (χ2n) is 20.4. The first-order chi connectivity index (χ1) is 37.5. The van der Waals surface area contributed by atoms with Gasteiger partial charge in [0, 0.05) is 100 Å². The molecule has 0 aliphatic carbocycles. The van der Waals surface area contributed by atoms with Gasteiger partial charge in [0.25, 0.3) is 6.47 Å². The van der Waals surface area contributed by atoms with Crippen molar-refractivity contribution in [2.45, 2.75) is 104 Å². The summed E-state index contributed by atoms with van der Waals surface area (Å²) < 4.78 is 5.27. The number of thiocarbonyl (C=S) groups is 1. The summed E-state index contributed by atoms with van der Waals surface area (Å²) in [5.41, 5.74) is 12.5. The molecule has 2 bridgehead atoms. The van der Waals surface area contributed by atoms with E-state index in [1.165, 1.54) is 0 Å². The highest BCUT2D eigenvalue weighted by molar-refractivity contribution is 7.80. The molecule has 6 rings (SSSR count). The molecule has 1 unspecified atom stereocenters. The van der Waals surface area contributed by atoms with Crippen molar-refractivity contribution >= 4 is 70.0 Å². The van der Waals surface area contributed by atoms with Gasteiger partial charge in [-0.2, -0.15) is 0 Å². The average molecular weight is 1090 g/mol. The quantitative estimate of drug-likeness (QED) is 0.0259. The van der Waals surface area contributed by atoms with Gasteiger partial charge in [0.2, 0.25) is 17.7 Å². The summed E-state index contributed by atoms with van der Waals surface area (Å²) in [6.07, 6.45) is 3.79. The van der Waals surface area contributed by atoms with Gasteiger partial charge in [0.05, 0.1) is 35.5 Å². The number of ketones is 1. The van der Waals surface area contributed by atoms with Crippen LogP contribution in [0.3, 0.4) is 0 Å². The molecule has 5 atom stereocenters. The first kappa shape index (κ1) is 59.8. The number of nitrogens with zero attached hydrogens (tertiary/aromatic N) is 4. The molecule has 416 valence electrons. The van der Waals surface area contributed by atoms with Crippen LogP contribution in [0, 0.1) is 17.8 Å². The fourth-order valence-corrected chi connectivity index (χ4v) is 9.94. The van der Waals surface area contributed by atoms with Crippen LogP contribution in [0.4, 0.5) is 0 Å². The van der Waals surface area contributed by atoms with Crippen molar-refractivity contribution in [2.24, 2.45) is 23.5 Å². The molecule has 3 amide bonds. The highest BCUT2D eigenvalue weighted by Gasteiger charge is 2.32. The van der Waals surface area contributed by atoms with Crippen LogP contribution in [-0.4, -0.2) is 133 Å². The largest absolute Gasteiger partial charge is 0.480 e. The number of Topliss-reactive ketones (excluding diaryl/α,β-unsaturated/α-hetero) is 1. The van der Waals surface area contributed by atoms with E-state index in [4.69, 9.17) is 27.7 Å². The van der Waals surface area contributed by atoms with Gasteiger partial charge in [-0.3, -0.25) is 53.2 Å². The Balaban J connectivity index is 1.01. The second kappa shape index (κ2) is 29.9. The maximum absolute atomic E-state index is 14.0. The lowest BCUT2D eigenvalue weighted by Gasteiger charge is -2.36. The van der Waals surface area contributed by atoms with Crippen LogP contribution < -0.4 is 21.7 Å². The number of nitrogens with two attached hydrogens (primary N) is 1. The van der Waals surface area contributed by atoms with Gasteiger partial charge in [-0.15, -0.1) is 0 Å². The number of fused-ring (bicyclic) bond motifs is 3. The SMILES string of the molecule is CCC(C)[C@H](NC(=O)[C@@H](C)Cc1c[nH]c2ccccc12)C(=O)C[C@@H](CCC(N)=O)C(=O)NCc1ccc(CNC(=S)Cc2ccc(C[C@H]3CN(CC(=O)O)CCN(CC(=O)O)Cc4cccc(n4)CN3COC=O)cc2)cc1. The molecular weight excluding hydrogens is 1010 g/mol. The van der Waals surface area contributed by atoms with Crippen LogP contribution in [0.1, 0.15) is 85.7 Å². The zero-order valence-corrected chi connectivity index (χ0v) is 45.5. The normalized spacial score (nSPS) is 16.1. The number of carboxylic acids is 2. The summed E-state index contributed by atoms with van der Waals surface area (Å²) in [7, 11) is 0. The summed E-state index contributed by atoms with van der Waals surface area (Å²) in [6.45, 7) is 7.58. The number of ether oxygens (including phenoxy) is 1. The number of nitrogens with one attached hydrogen (secondary N) is 4. The monoisotopic (exact) mass is 1090 g/mol. The van der Waals surface area contributed by atoms with E-state index in [0.717, 1.165) is 38.7 Å². The van der Waals surface area contributed by atoms with E-state index in [-0.39, 0.29) is 94.8 Å². The Labute approximate surface area is 460 Å². The van der Waals surface area contributed by atoms with Gasteiger partial charge in [-0.25, -0.2) is 0 Å². The van der Waals surface area contributed by atoms with Crippen molar-refractivity contribution in [3.63, 3.8) is 0 Å². The second-order valence-corrected chi connectivity index (χ2v) is 20.9. The van der Waals surface area contributed by atoms with E-state index >= 15 is 0 Å². The summed E-state index contributed by atoms with van der Waals surface area (Å²) in [4.78, 5) is 102. The molecule has 19 nitrogen and oxygen atoms in total. The fraction of sp³-hybridized carbons (Fsp3) is 0.431. The van der Waals surface area contributed by atoms with Crippen molar-refractivity contribution in [3.05, 3.63) is 136 Å². The zero-order valence-electron chi connectivity index (χ0n) is 44.7.